The van der Waals surface area contributed by atoms with E-state index in [0.29, 0.717) is 25.1 Å². The first-order valence-corrected chi connectivity index (χ1v) is 9.85. The molecule has 29 heavy (non-hydrogen) atoms. The third-order valence-corrected chi connectivity index (χ3v) is 5.23. The summed E-state index contributed by atoms with van der Waals surface area (Å²) in [5, 5.41) is 2.97. The summed E-state index contributed by atoms with van der Waals surface area (Å²) < 4.78 is 0. The lowest BCUT2D eigenvalue weighted by atomic mass is 10.0. The molecule has 0 aliphatic carbocycles. The lowest BCUT2D eigenvalue weighted by molar-refractivity contribution is -0.125. The molecule has 0 saturated carbocycles. The molecule has 5 nitrogen and oxygen atoms in total. The summed E-state index contributed by atoms with van der Waals surface area (Å²) in [6.07, 6.45) is 5.02. The van der Waals surface area contributed by atoms with Crippen LogP contribution in [0, 0.1) is 0 Å². The maximum absolute atomic E-state index is 13.1. The Kier molecular flexibility index (Phi) is 5.66. The topological polar surface area (TPSA) is 62.3 Å². The van der Waals surface area contributed by atoms with Gasteiger partial charge in [-0.25, -0.2) is 0 Å². The standard InChI is InChI=1S/C24H23N3O2/c28-23(26-16-18-7-2-1-3-8-18)22-12-6-14-27(22)24(29)20-10-4-9-19(15-20)21-11-5-13-25-17-21/h1-5,7-11,13,15,17,22H,6,12,14,16H2,(H,26,28). The van der Waals surface area contributed by atoms with Crippen LogP contribution in [0.15, 0.2) is 79.1 Å². The van der Waals surface area contributed by atoms with E-state index in [2.05, 4.69) is 10.3 Å². The number of rotatable bonds is 5. The summed E-state index contributed by atoms with van der Waals surface area (Å²) in [7, 11) is 0. The SMILES string of the molecule is O=C(NCc1ccccc1)C1CCCN1C(=O)c1cccc(-c2cccnc2)c1. The van der Waals surface area contributed by atoms with Crippen LogP contribution in [0.25, 0.3) is 11.1 Å². The van der Waals surface area contributed by atoms with Crippen LogP contribution in [0.4, 0.5) is 0 Å². The minimum atomic E-state index is -0.423. The van der Waals surface area contributed by atoms with Crippen molar-refractivity contribution in [3.8, 4) is 11.1 Å². The minimum absolute atomic E-state index is 0.0943. The summed E-state index contributed by atoms with van der Waals surface area (Å²) >= 11 is 0. The maximum atomic E-state index is 13.1. The van der Waals surface area contributed by atoms with E-state index in [1.54, 1.807) is 23.4 Å². The van der Waals surface area contributed by atoms with Crippen molar-refractivity contribution in [3.05, 3.63) is 90.3 Å². The number of hydrogen-bond donors (Lipinski definition) is 1. The van der Waals surface area contributed by atoms with Crippen LogP contribution in [-0.2, 0) is 11.3 Å². The molecule has 0 bridgehead atoms. The molecule has 0 spiro atoms. The average molecular weight is 385 g/mol. The first kappa shape index (κ1) is 18.9. The molecule has 1 aliphatic heterocycles. The van der Waals surface area contributed by atoms with Crippen molar-refractivity contribution in [2.24, 2.45) is 0 Å². The number of benzene rings is 2. The molecule has 1 N–H and O–H groups in total. The van der Waals surface area contributed by atoms with Gasteiger partial charge in [0.15, 0.2) is 0 Å². The highest BCUT2D eigenvalue weighted by Crippen LogP contribution is 2.24. The quantitative estimate of drug-likeness (QED) is 0.729. The number of hydrogen-bond acceptors (Lipinski definition) is 3. The van der Waals surface area contributed by atoms with Gasteiger partial charge in [0.25, 0.3) is 5.91 Å². The highest BCUT2D eigenvalue weighted by Gasteiger charge is 2.34. The number of carbonyl (C=O) groups is 2. The van der Waals surface area contributed by atoms with Gasteiger partial charge in [-0.3, -0.25) is 14.6 Å². The van der Waals surface area contributed by atoms with Crippen molar-refractivity contribution < 1.29 is 9.59 Å². The molecule has 1 aliphatic rings. The third-order valence-electron chi connectivity index (χ3n) is 5.23. The summed E-state index contributed by atoms with van der Waals surface area (Å²) in [4.78, 5) is 31.7. The Morgan fingerprint density at radius 1 is 1.00 bits per heavy atom. The third kappa shape index (κ3) is 4.35. The fourth-order valence-electron chi connectivity index (χ4n) is 3.72. The van der Waals surface area contributed by atoms with Gasteiger partial charge in [0.2, 0.25) is 5.91 Å². The van der Waals surface area contributed by atoms with Crippen LogP contribution in [0.3, 0.4) is 0 Å². The van der Waals surface area contributed by atoms with Crippen molar-refractivity contribution in [1.29, 1.82) is 0 Å². The van der Waals surface area contributed by atoms with E-state index in [1.807, 2.05) is 60.7 Å². The zero-order chi connectivity index (χ0) is 20.1. The Balaban J connectivity index is 1.47. The normalized spacial score (nSPS) is 15.9. The van der Waals surface area contributed by atoms with E-state index in [4.69, 9.17) is 0 Å². The minimum Gasteiger partial charge on any atom is -0.350 e. The van der Waals surface area contributed by atoms with E-state index in [-0.39, 0.29) is 11.8 Å². The number of nitrogens with zero attached hydrogens (tertiary/aromatic N) is 2. The number of aromatic nitrogens is 1. The van der Waals surface area contributed by atoms with Crippen molar-refractivity contribution in [2.45, 2.75) is 25.4 Å². The van der Waals surface area contributed by atoms with Crippen LogP contribution < -0.4 is 5.32 Å². The number of amides is 2. The highest BCUT2D eigenvalue weighted by atomic mass is 16.2. The van der Waals surface area contributed by atoms with Gasteiger partial charge in [-0.05, 0) is 42.2 Å². The van der Waals surface area contributed by atoms with Gasteiger partial charge in [-0.1, -0.05) is 48.5 Å². The predicted molar refractivity (Wildman–Crippen MR) is 112 cm³/mol. The summed E-state index contributed by atoms with van der Waals surface area (Å²) in [6, 6.07) is 20.7. The molecule has 1 aromatic heterocycles. The Labute approximate surface area is 170 Å². The van der Waals surface area contributed by atoms with E-state index < -0.39 is 6.04 Å². The lowest BCUT2D eigenvalue weighted by Gasteiger charge is -2.24. The van der Waals surface area contributed by atoms with Crippen molar-refractivity contribution in [3.63, 3.8) is 0 Å². The highest BCUT2D eigenvalue weighted by molar-refractivity contribution is 5.98. The van der Waals surface area contributed by atoms with Gasteiger partial charge in [0.1, 0.15) is 6.04 Å². The monoisotopic (exact) mass is 385 g/mol. The second-order valence-electron chi connectivity index (χ2n) is 7.18. The molecule has 1 saturated heterocycles. The van der Waals surface area contributed by atoms with E-state index >= 15 is 0 Å². The Hall–Kier alpha value is -3.47. The molecule has 1 atom stereocenters. The molecule has 2 amide bonds. The lowest BCUT2D eigenvalue weighted by Crippen LogP contribution is -2.45. The maximum Gasteiger partial charge on any atom is 0.254 e. The van der Waals surface area contributed by atoms with Gasteiger partial charge in [-0.2, -0.15) is 0 Å². The molecule has 1 unspecified atom stereocenters. The summed E-state index contributed by atoms with van der Waals surface area (Å²) in [5.41, 5.74) is 3.53. The van der Waals surface area contributed by atoms with E-state index in [0.717, 1.165) is 23.1 Å². The number of carbonyl (C=O) groups excluding carboxylic acids is 2. The average Bonchev–Trinajstić information content (AvgIpc) is 3.28. The first-order valence-electron chi connectivity index (χ1n) is 9.85. The van der Waals surface area contributed by atoms with Crippen LogP contribution in [-0.4, -0.2) is 34.3 Å². The van der Waals surface area contributed by atoms with Crippen LogP contribution in [0.1, 0.15) is 28.8 Å². The molecule has 3 aromatic rings. The van der Waals surface area contributed by atoms with Gasteiger partial charge in [-0.15, -0.1) is 0 Å². The second kappa shape index (κ2) is 8.69. The first-order chi connectivity index (χ1) is 14.2. The van der Waals surface area contributed by atoms with E-state index in [1.165, 1.54) is 0 Å². The van der Waals surface area contributed by atoms with Gasteiger partial charge >= 0.3 is 0 Å². The zero-order valence-corrected chi connectivity index (χ0v) is 16.1. The Morgan fingerprint density at radius 2 is 1.83 bits per heavy atom. The molecular weight excluding hydrogens is 362 g/mol. The molecule has 146 valence electrons. The number of pyridine rings is 1. The fourth-order valence-corrected chi connectivity index (χ4v) is 3.72. The smallest absolute Gasteiger partial charge is 0.254 e. The molecule has 4 rings (SSSR count). The van der Waals surface area contributed by atoms with Gasteiger partial charge in [0, 0.05) is 36.6 Å². The van der Waals surface area contributed by atoms with Gasteiger partial charge < -0.3 is 10.2 Å². The van der Waals surface area contributed by atoms with Crippen LogP contribution in [0.2, 0.25) is 0 Å². The van der Waals surface area contributed by atoms with Gasteiger partial charge in [0.05, 0.1) is 0 Å². The van der Waals surface area contributed by atoms with Crippen LogP contribution in [0.5, 0.6) is 0 Å². The van der Waals surface area contributed by atoms with Crippen molar-refractivity contribution in [2.75, 3.05) is 6.54 Å². The predicted octanol–water partition coefficient (Wildman–Crippen LogP) is 3.67. The second-order valence-corrected chi connectivity index (χ2v) is 7.18. The number of likely N-dealkylation sites (tertiary alicyclic amines) is 1. The molecule has 2 heterocycles. The summed E-state index contributed by atoms with van der Waals surface area (Å²) in [6.45, 7) is 1.06. The van der Waals surface area contributed by atoms with E-state index in [9.17, 15) is 9.59 Å². The number of nitrogens with one attached hydrogen (secondary N) is 1. The molecule has 0 radical (unpaired) electrons. The summed E-state index contributed by atoms with van der Waals surface area (Å²) in [5.74, 6) is -0.198. The molecule has 1 fully saturated rings. The fraction of sp³-hybridized carbons (Fsp3) is 0.208. The van der Waals surface area contributed by atoms with Crippen LogP contribution >= 0.6 is 0 Å². The Bertz CT molecular complexity index is 989. The van der Waals surface area contributed by atoms with Crippen molar-refractivity contribution in [1.82, 2.24) is 15.2 Å². The molecular formula is C24H23N3O2. The van der Waals surface area contributed by atoms with Crippen molar-refractivity contribution >= 4 is 11.8 Å². The molecule has 2 aromatic carbocycles. The molecule has 5 heteroatoms. The Morgan fingerprint density at radius 3 is 2.62 bits per heavy atom. The zero-order valence-electron chi connectivity index (χ0n) is 16.1. The largest absolute Gasteiger partial charge is 0.350 e.